The molecule has 3 fully saturated rings. The predicted octanol–water partition coefficient (Wildman–Crippen LogP) is 7.29. The topological polar surface area (TPSA) is 125 Å². The summed E-state index contributed by atoms with van der Waals surface area (Å²) in [7, 11) is 1.54. The maximum absolute atomic E-state index is 15.5. The molecule has 2 aliphatic heterocycles. The number of nitrogens with zero attached hydrogens (tertiary/aromatic N) is 2. The number of amides is 4. The number of para-hydroxylation sites is 1. The summed E-state index contributed by atoms with van der Waals surface area (Å²) in [6.07, 6.45) is 2.30. The summed E-state index contributed by atoms with van der Waals surface area (Å²) in [6.45, 7) is 2.20. The van der Waals surface area contributed by atoms with Gasteiger partial charge in [0.15, 0.2) is 11.5 Å². The van der Waals surface area contributed by atoms with Crippen molar-refractivity contribution in [3.63, 3.8) is 0 Å². The zero-order chi connectivity index (χ0) is 37.9. The van der Waals surface area contributed by atoms with Gasteiger partial charge in [-0.1, -0.05) is 89.4 Å². The number of ether oxygens (including phenoxy) is 2. The van der Waals surface area contributed by atoms with Gasteiger partial charge in [-0.15, -0.1) is 0 Å². The lowest BCUT2D eigenvalue weighted by Crippen LogP contribution is -2.53. The molecule has 10 nitrogen and oxygen atoms in total. The Labute approximate surface area is 322 Å². The molecule has 4 aromatic carbocycles. The Morgan fingerprint density at radius 1 is 0.889 bits per heavy atom. The number of fused-ring (bicyclic) bond motifs is 4. The van der Waals surface area contributed by atoms with E-state index >= 15 is 4.79 Å². The molecule has 276 valence electrons. The van der Waals surface area contributed by atoms with Crippen LogP contribution in [0.15, 0.2) is 103 Å². The van der Waals surface area contributed by atoms with Gasteiger partial charge in [-0.05, 0) is 73.2 Å². The van der Waals surface area contributed by atoms with Crippen molar-refractivity contribution in [2.75, 3.05) is 19.1 Å². The number of halogens is 2. The van der Waals surface area contributed by atoms with Gasteiger partial charge in [0.2, 0.25) is 11.8 Å². The van der Waals surface area contributed by atoms with Crippen LogP contribution in [-0.4, -0.2) is 52.4 Å². The highest BCUT2D eigenvalue weighted by Gasteiger charge is 2.70. The summed E-state index contributed by atoms with van der Waals surface area (Å²) < 4.78 is 11.3. The summed E-state index contributed by atoms with van der Waals surface area (Å²) in [5.74, 6) is -5.09. The highest BCUT2D eigenvalue weighted by atomic mass is 35.5. The minimum absolute atomic E-state index is 0.0940. The summed E-state index contributed by atoms with van der Waals surface area (Å²) in [6, 6.07) is 26.1. The fourth-order valence-corrected chi connectivity index (χ4v) is 9.67. The average Bonchev–Trinajstić information content (AvgIpc) is 3.54. The number of phenols is 1. The summed E-state index contributed by atoms with van der Waals surface area (Å²) in [5.41, 5.74) is 4.07. The van der Waals surface area contributed by atoms with Crippen molar-refractivity contribution < 1.29 is 33.8 Å². The number of phenolic OH excluding ortho intramolecular Hbond substituents is 1. The lowest BCUT2D eigenvalue weighted by atomic mass is 9.49. The first-order valence-corrected chi connectivity index (χ1v) is 18.6. The van der Waals surface area contributed by atoms with Crippen molar-refractivity contribution >= 4 is 52.5 Å². The molecule has 4 aromatic rings. The van der Waals surface area contributed by atoms with Crippen LogP contribution in [0.2, 0.25) is 10.0 Å². The summed E-state index contributed by atoms with van der Waals surface area (Å²) >= 11 is 12.7. The lowest BCUT2D eigenvalue weighted by molar-refractivity contribution is -0.142. The number of aromatic hydroxyl groups is 1. The van der Waals surface area contributed by atoms with Crippen molar-refractivity contribution in [1.82, 2.24) is 9.91 Å². The molecule has 8 rings (SSSR count). The molecule has 2 N–H and O–H groups in total. The van der Waals surface area contributed by atoms with Crippen LogP contribution in [0.1, 0.15) is 42.4 Å². The van der Waals surface area contributed by atoms with E-state index in [4.69, 9.17) is 32.7 Å². The predicted molar refractivity (Wildman–Crippen MR) is 202 cm³/mol. The van der Waals surface area contributed by atoms with Crippen molar-refractivity contribution in [3.05, 3.63) is 129 Å². The summed E-state index contributed by atoms with van der Waals surface area (Å²) in [5, 5.41) is 13.5. The maximum atomic E-state index is 15.5. The third-order valence-electron chi connectivity index (χ3n) is 11.5. The number of methoxy groups -OCH3 is 1. The molecule has 0 radical (unpaired) electrons. The second kappa shape index (κ2) is 13.8. The second-order valence-electron chi connectivity index (χ2n) is 14.1. The first-order valence-electron chi connectivity index (χ1n) is 17.9. The number of likely N-dealkylation sites (tertiary alicyclic amines) is 1. The van der Waals surface area contributed by atoms with E-state index in [1.807, 2.05) is 36.4 Å². The number of hydrazine groups is 1. The largest absolute Gasteiger partial charge is 0.504 e. The number of allylic oxidation sites excluding steroid dienone is 2. The van der Waals surface area contributed by atoms with Crippen LogP contribution < -0.4 is 14.9 Å². The van der Waals surface area contributed by atoms with Crippen LogP contribution in [0.25, 0.3) is 0 Å². The molecule has 4 aliphatic rings. The standard InChI is InChI=1S/C42H37Cl2N3O7/c1-3-54-34-11-7-10-29(37(34)48)36-27-17-18-28-35(40(51)46(38(28)49)22-23-8-5-4-6-9-23)30(27)21-31-39(50)47(45-33-19-14-25(43)20-32(33)44)41(52)42(31,36)24-12-15-26(53-2)16-13-24/h4-17,19-20,28,30-31,35-36,45,48H,3,18,21-22H2,1-2H3. The fraction of sp³-hybridized carbons (Fsp3) is 0.286. The van der Waals surface area contributed by atoms with E-state index in [1.165, 1.54) is 18.1 Å². The molecule has 12 heteroatoms. The number of rotatable bonds is 9. The number of carbonyl (C=O) groups is 4. The molecule has 6 unspecified atom stereocenters. The van der Waals surface area contributed by atoms with Crippen molar-refractivity contribution in [1.29, 1.82) is 0 Å². The Balaban J connectivity index is 1.33. The highest BCUT2D eigenvalue weighted by molar-refractivity contribution is 6.36. The fourth-order valence-electron chi connectivity index (χ4n) is 9.22. The van der Waals surface area contributed by atoms with Gasteiger partial charge < -0.3 is 14.6 Å². The van der Waals surface area contributed by atoms with Crippen LogP contribution in [0, 0.1) is 23.7 Å². The van der Waals surface area contributed by atoms with Gasteiger partial charge in [-0.2, -0.15) is 5.01 Å². The van der Waals surface area contributed by atoms with Gasteiger partial charge in [0, 0.05) is 16.5 Å². The third kappa shape index (κ3) is 5.45. The Bertz CT molecular complexity index is 2210. The highest BCUT2D eigenvalue weighted by Crippen LogP contribution is 2.65. The van der Waals surface area contributed by atoms with E-state index in [0.717, 1.165) is 10.6 Å². The van der Waals surface area contributed by atoms with Gasteiger partial charge in [0.1, 0.15) is 5.75 Å². The quantitative estimate of drug-likeness (QED) is 0.135. The zero-order valence-corrected chi connectivity index (χ0v) is 31.0. The summed E-state index contributed by atoms with van der Waals surface area (Å²) in [4.78, 5) is 60.2. The number of anilines is 1. The molecule has 4 amide bonds. The van der Waals surface area contributed by atoms with Crippen LogP contribution in [-0.2, 0) is 31.1 Å². The van der Waals surface area contributed by atoms with Crippen LogP contribution in [0.3, 0.4) is 0 Å². The van der Waals surface area contributed by atoms with Crippen LogP contribution in [0.4, 0.5) is 5.69 Å². The van der Waals surface area contributed by atoms with E-state index in [0.29, 0.717) is 27.5 Å². The van der Waals surface area contributed by atoms with Crippen LogP contribution >= 0.6 is 23.2 Å². The Kier molecular flexibility index (Phi) is 9.14. The van der Waals surface area contributed by atoms with Gasteiger partial charge in [0.05, 0.1) is 54.1 Å². The minimum Gasteiger partial charge on any atom is -0.504 e. The second-order valence-corrected chi connectivity index (χ2v) is 14.9. The van der Waals surface area contributed by atoms with Gasteiger partial charge in [-0.3, -0.25) is 29.5 Å². The molecule has 54 heavy (non-hydrogen) atoms. The SMILES string of the molecule is CCOc1cccc(C2C3=CCC4C(=O)N(Cc5ccccc5)C(=O)C4C3CC3C(=O)N(Nc4ccc(Cl)cc4Cl)C(=O)C32c2ccc(OC)cc2)c1O. The number of imide groups is 2. The maximum Gasteiger partial charge on any atom is 0.260 e. The van der Waals surface area contributed by atoms with Gasteiger partial charge >= 0.3 is 0 Å². The number of nitrogens with one attached hydrogen (secondary N) is 1. The molecule has 1 saturated carbocycles. The Hall–Kier alpha value is -5.32. The van der Waals surface area contributed by atoms with Gasteiger partial charge in [0.25, 0.3) is 11.8 Å². The molecule has 2 saturated heterocycles. The minimum atomic E-state index is -1.62. The number of hydrogen-bond acceptors (Lipinski definition) is 8. The van der Waals surface area contributed by atoms with E-state index in [-0.39, 0.29) is 60.0 Å². The molecule has 0 aromatic heterocycles. The Morgan fingerprint density at radius 2 is 1.65 bits per heavy atom. The first kappa shape index (κ1) is 35.7. The van der Waals surface area contributed by atoms with Crippen molar-refractivity contribution in [2.24, 2.45) is 23.7 Å². The smallest absolute Gasteiger partial charge is 0.260 e. The van der Waals surface area contributed by atoms with E-state index in [2.05, 4.69) is 5.43 Å². The molecule has 0 spiro atoms. The molecule has 0 bridgehead atoms. The normalized spacial score (nSPS) is 25.9. The molecule has 2 heterocycles. The van der Waals surface area contributed by atoms with E-state index in [9.17, 15) is 19.5 Å². The monoisotopic (exact) mass is 765 g/mol. The molecular weight excluding hydrogens is 729 g/mol. The number of hydrogen-bond donors (Lipinski definition) is 2. The number of carbonyl (C=O) groups excluding carboxylic acids is 4. The van der Waals surface area contributed by atoms with Crippen LogP contribution in [0.5, 0.6) is 17.2 Å². The van der Waals surface area contributed by atoms with E-state index in [1.54, 1.807) is 61.5 Å². The van der Waals surface area contributed by atoms with Crippen molar-refractivity contribution in [3.8, 4) is 17.2 Å². The molecule has 2 aliphatic carbocycles. The lowest BCUT2D eigenvalue weighted by Gasteiger charge is -2.50. The van der Waals surface area contributed by atoms with E-state index < -0.39 is 46.8 Å². The molecule has 6 atom stereocenters. The Morgan fingerprint density at radius 3 is 2.35 bits per heavy atom. The zero-order valence-electron chi connectivity index (χ0n) is 29.5. The number of benzene rings is 4. The van der Waals surface area contributed by atoms with Gasteiger partial charge in [-0.25, -0.2) is 0 Å². The molecular formula is C42H37Cl2N3O7. The average molecular weight is 767 g/mol. The first-order chi connectivity index (χ1) is 26.1. The third-order valence-corrected chi connectivity index (χ3v) is 12.0. The van der Waals surface area contributed by atoms with Crippen molar-refractivity contribution in [2.45, 2.75) is 37.6 Å².